The minimum absolute atomic E-state index is 0.0444. The number of nitrogens with zero attached hydrogens (tertiary/aromatic N) is 2. The van der Waals surface area contributed by atoms with Crippen LogP contribution in [0, 0.1) is 34.9 Å². The standard InChI is InChI=1S/C25H26F3N5O3/c26-18-4-1-5-19-16(18)8-20(32-19)24(36)33-12-14-9-25(27,28)10-17(14)21(33)23(35)31-15(11-29)7-13-3-2-6-30-22(13)34/h1,4-5,8,13-15,17,21,32H,2-3,6-7,9-10,12H2,(H,30,34)(H,31,35)/t13-,14+,15+,17+,21-/m0/s1. The molecular formula is C25H26F3N5O3. The Morgan fingerprint density at radius 3 is 2.83 bits per heavy atom. The van der Waals surface area contributed by atoms with Gasteiger partial charge in [0.2, 0.25) is 17.7 Å². The predicted molar refractivity (Wildman–Crippen MR) is 122 cm³/mol. The molecule has 1 aromatic heterocycles. The van der Waals surface area contributed by atoms with Gasteiger partial charge >= 0.3 is 0 Å². The quantitative estimate of drug-likeness (QED) is 0.584. The molecule has 0 radical (unpaired) electrons. The molecule has 3 fully saturated rings. The van der Waals surface area contributed by atoms with E-state index in [2.05, 4.69) is 15.6 Å². The fourth-order valence-corrected chi connectivity index (χ4v) is 5.98. The van der Waals surface area contributed by atoms with Crippen LogP contribution in [0.5, 0.6) is 0 Å². The molecule has 8 nitrogen and oxygen atoms in total. The van der Waals surface area contributed by atoms with Crippen molar-refractivity contribution in [1.29, 1.82) is 5.26 Å². The first-order valence-corrected chi connectivity index (χ1v) is 12.1. The zero-order valence-corrected chi connectivity index (χ0v) is 19.4. The second-order valence-corrected chi connectivity index (χ2v) is 10.0. The lowest BCUT2D eigenvalue weighted by Gasteiger charge is -2.29. The van der Waals surface area contributed by atoms with Crippen molar-refractivity contribution in [2.45, 2.75) is 50.1 Å². The summed E-state index contributed by atoms with van der Waals surface area (Å²) < 4.78 is 42.6. The molecule has 3 amide bonds. The minimum atomic E-state index is -2.94. The normalized spacial score (nSPS) is 27.8. The number of hydrogen-bond donors (Lipinski definition) is 3. The Morgan fingerprint density at radius 1 is 1.31 bits per heavy atom. The van der Waals surface area contributed by atoms with Crippen LogP contribution in [0.1, 0.15) is 42.6 Å². The van der Waals surface area contributed by atoms with E-state index >= 15 is 0 Å². The number of alkyl halides is 2. The van der Waals surface area contributed by atoms with Crippen molar-refractivity contribution in [3.8, 4) is 6.07 Å². The van der Waals surface area contributed by atoms with E-state index in [1.807, 2.05) is 6.07 Å². The third-order valence-electron chi connectivity index (χ3n) is 7.64. The highest BCUT2D eigenvalue weighted by molar-refractivity contribution is 6.01. The van der Waals surface area contributed by atoms with E-state index in [0.29, 0.717) is 18.5 Å². The number of carbonyl (C=O) groups is 3. The largest absolute Gasteiger partial charge is 0.356 e. The maximum Gasteiger partial charge on any atom is 0.271 e. The lowest BCUT2D eigenvalue weighted by atomic mass is 9.90. The first-order valence-electron chi connectivity index (χ1n) is 12.1. The summed E-state index contributed by atoms with van der Waals surface area (Å²) in [6.45, 7) is 0.518. The molecule has 36 heavy (non-hydrogen) atoms. The van der Waals surface area contributed by atoms with Crippen molar-refractivity contribution >= 4 is 28.6 Å². The van der Waals surface area contributed by atoms with E-state index in [0.717, 1.165) is 6.42 Å². The molecule has 0 spiro atoms. The molecule has 2 saturated heterocycles. The van der Waals surface area contributed by atoms with Gasteiger partial charge in [0.1, 0.15) is 23.6 Å². The number of carbonyl (C=O) groups excluding carboxylic acids is 3. The number of fused-ring (bicyclic) bond motifs is 2. The van der Waals surface area contributed by atoms with Crippen molar-refractivity contribution in [3.05, 3.63) is 35.8 Å². The van der Waals surface area contributed by atoms with Crippen LogP contribution in [-0.4, -0.2) is 58.7 Å². The van der Waals surface area contributed by atoms with Gasteiger partial charge in [0, 0.05) is 42.8 Å². The summed E-state index contributed by atoms with van der Waals surface area (Å²) in [4.78, 5) is 43.0. The van der Waals surface area contributed by atoms with Crippen molar-refractivity contribution < 1.29 is 27.6 Å². The number of halogens is 3. The Morgan fingerprint density at radius 2 is 2.11 bits per heavy atom. The lowest BCUT2D eigenvalue weighted by molar-refractivity contribution is -0.129. The first kappa shape index (κ1) is 24.2. The zero-order valence-electron chi connectivity index (χ0n) is 19.4. The van der Waals surface area contributed by atoms with E-state index in [9.17, 15) is 32.8 Å². The van der Waals surface area contributed by atoms with Crippen molar-refractivity contribution in [3.63, 3.8) is 0 Å². The van der Waals surface area contributed by atoms with Gasteiger partial charge in [-0.2, -0.15) is 5.26 Å². The average molecular weight is 502 g/mol. The van der Waals surface area contributed by atoms with Crippen molar-refractivity contribution in [2.75, 3.05) is 13.1 Å². The van der Waals surface area contributed by atoms with Gasteiger partial charge in [-0.25, -0.2) is 13.2 Å². The summed E-state index contributed by atoms with van der Waals surface area (Å²) in [7, 11) is 0. The number of nitriles is 1. The Bertz CT molecular complexity index is 1260. The molecule has 190 valence electrons. The monoisotopic (exact) mass is 501 g/mol. The summed E-state index contributed by atoms with van der Waals surface area (Å²) in [5.74, 6) is -6.72. The predicted octanol–water partition coefficient (Wildman–Crippen LogP) is 2.72. The van der Waals surface area contributed by atoms with Crippen LogP contribution >= 0.6 is 0 Å². The van der Waals surface area contributed by atoms with Gasteiger partial charge in [0.15, 0.2) is 0 Å². The molecule has 2 aromatic rings. The maximum atomic E-state index is 14.2. The number of benzene rings is 1. The highest BCUT2D eigenvalue weighted by atomic mass is 19.3. The van der Waals surface area contributed by atoms with Gasteiger partial charge in [-0.05, 0) is 49.3 Å². The lowest BCUT2D eigenvalue weighted by Crippen LogP contribution is -2.52. The van der Waals surface area contributed by atoms with E-state index in [-0.39, 0.29) is 30.0 Å². The number of H-pyrrole nitrogens is 1. The molecule has 2 aliphatic heterocycles. The third kappa shape index (κ3) is 4.40. The molecular weight excluding hydrogens is 475 g/mol. The number of amides is 3. The number of rotatable bonds is 5. The molecule has 5 rings (SSSR count). The number of piperidine rings is 1. The zero-order chi connectivity index (χ0) is 25.6. The Labute approximate surface area is 205 Å². The van der Waals surface area contributed by atoms with Crippen molar-refractivity contribution in [2.24, 2.45) is 17.8 Å². The smallest absolute Gasteiger partial charge is 0.271 e. The van der Waals surface area contributed by atoms with E-state index in [4.69, 9.17) is 0 Å². The van der Waals surface area contributed by atoms with E-state index < -0.39 is 66.2 Å². The Balaban J connectivity index is 1.39. The summed E-state index contributed by atoms with van der Waals surface area (Å²) in [5, 5.41) is 15.2. The number of likely N-dealkylation sites (tertiary alicyclic amines) is 1. The molecule has 1 saturated carbocycles. The second kappa shape index (κ2) is 9.15. The molecule has 11 heteroatoms. The van der Waals surface area contributed by atoms with Crippen molar-refractivity contribution in [1.82, 2.24) is 20.5 Å². The van der Waals surface area contributed by atoms with Crippen LogP contribution in [0.2, 0.25) is 0 Å². The molecule has 1 aromatic carbocycles. The summed E-state index contributed by atoms with van der Waals surface area (Å²) in [6.07, 6.45) is 0.471. The highest BCUT2D eigenvalue weighted by Crippen LogP contribution is 2.50. The van der Waals surface area contributed by atoms with Crippen LogP contribution in [0.25, 0.3) is 10.9 Å². The fourth-order valence-electron chi connectivity index (χ4n) is 5.98. The molecule has 1 aliphatic carbocycles. The van der Waals surface area contributed by atoms with Crippen LogP contribution in [-0.2, 0) is 9.59 Å². The molecule has 0 unspecified atom stereocenters. The Kier molecular flexibility index (Phi) is 6.14. The van der Waals surface area contributed by atoms with E-state index in [1.165, 1.54) is 23.1 Å². The number of hydrogen-bond acceptors (Lipinski definition) is 4. The van der Waals surface area contributed by atoms with Crippen LogP contribution in [0.4, 0.5) is 13.2 Å². The van der Waals surface area contributed by atoms with Gasteiger partial charge in [-0.15, -0.1) is 0 Å². The number of aromatic amines is 1. The van der Waals surface area contributed by atoms with Gasteiger partial charge in [0.05, 0.1) is 6.07 Å². The van der Waals surface area contributed by atoms with Gasteiger partial charge in [-0.3, -0.25) is 14.4 Å². The second-order valence-electron chi connectivity index (χ2n) is 10.0. The summed E-state index contributed by atoms with van der Waals surface area (Å²) in [6, 6.07) is 5.49. The number of aromatic nitrogens is 1. The van der Waals surface area contributed by atoms with Crippen LogP contribution in [0.15, 0.2) is 24.3 Å². The first-order chi connectivity index (χ1) is 17.2. The van der Waals surface area contributed by atoms with Gasteiger partial charge in [0.25, 0.3) is 5.91 Å². The molecule has 3 heterocycles. The fraction of sp³-hybridized carbons (Fsp3) is 0.520. The molecule has 5 atom stereocenters. The SMILES string of the molecule is N#C[C@@H](C[C@@H]1CCCNC1=O)NC(=O)[C@@H]1[C@@H]2CC(F)(F)C[C@@H]2CN1C(=O)c1cc2c(F)cccc2[nH]1. The van der Waals surface area contributed by atoms with E-state index in [1.54, 1.807) is 6.07 Å². The third-order valence-corrected chi connectivity index (χ3v) is 7.64. The summed E-state index contributed by atoms with van der Waals surface area (Å²) in [5.41, 5.74) is 0.455. The Hall–Kier alpha value is -3.55. The highest BCUT2D eigenvalue weighted by Gasteiger charge is 2.58. The van der Waals surface area contributed by atoms with Crippen LogP contribution < -0.4 is 10.6 Å². The van der Waals surface area contributed by atoms with Gasteiger partial charge < -0.3 is 20.5 Å². The topological polar surface area (TPSA) is 118 Å². The maximum absolute atomic E-state index is 14.2. The molecule has 3 aliphatic rings. The summed E-state index contributed by atoms with van der Waals surface area (Å²) >= 11 is 0. The molecule has 0 bridgehead atoms. The molecule has 3 N–H and O–H groups in total. The average Bonchev–Trinajstić information content (AvgIpc) is 3.49. The minimum Gasteiger partial charge on any atom is -0.356 e. The van der Waals surface area contributed by atoms with Gasteiger partial charge in [-0.1, -0.05) is 6.07 Å². The van der Waals surface area contributed by atoms with Crippen LogP contribution in [0.3, 0.4) is 0 Å². The number of nitrogens with one attached hydrogen (secondary N) is 3.